The van der Waals surface area contributed by atoms with E-state index < -0.39 is 0 Å². The minimum Gasteiger partial charge on any atom is -0.493 e. The van der Waals surface area contributed by atoms with E-state index in [1.165, 1.54) is 21.3 Å². The molecule has 1 amide bonds. The molecule has 0 radical (unpaired) electrons. The van der Waals surface area contributed by atoms with Crippen LogP contribution in [0.25, 0.3) is 22.8 Å². The first-order valence-corrected chi connectivity index (χ1v) is 9.13. The first kappa shape index (κ1) is 21.1. The second kappa shape index (κ2) is 9.75. The zero-order valence-electron chi connectivity index (χ0n) is 17.2. The second-order valence-corrected chi connectivity index (χ2v) is 6.13. The van der Waals surface area contributed by atoms with E-state index in [-0.39, 0.29) is 11.8 Å². The lowest BCUT2D eigenvalue weighted by atomic mass is 10.1. The highest BCUT2D eigenvalue weighted by Gasteiger charge is 2.20. The molecule has 0 unspecified atom stereocenters. The Morgan fingerprint density at radius 1 is 1.03 bits per heavy atom. The van der Waals surface area contributed by atoms with Gasteiger partial charge in [0.25, 0.3) is 11.8 Å². The second-order valence-electron chi connectivity index (χ2n) is 6.13. The van der Waals surface area contributed by atoms with Gasteiger partial charge in [-0.25, -0.2) is 0 Å². The quantitative estimate of drug-likeness (QED) is 0.534. The van der Waals surface area contributed by atoms with Gasteiger partial charge < -0.3 is 28.8 Å². The zero-order valence-corrected chi connectivity index (χ0v) is 17.2. The number of rotatable bonds is 9. The topological polar surface area (TPSA) is 105 Å². The van der Waals surface area contributed by atoms with Crippen LogP contribution in [0, 0.1) is 0 Å². The van der Waals surface area contributed by atoms with Gasteiger partial charge in [0, 0.05) is 19.2 Å². The molecule has 0 aliphatic rings. The third-order valence-electron chi connectivity index (χ3n) is 4.34. The van der Waals surface area contributed by atoms with Gasteiger partial charge in [-0.1, -0.05) is 17.3 Å². The van der Waals surface area contributed by atoms with Crippen LogP contribution in [0.15, 0.2) is 40.9 Å². The molecule has 2 aromatic carbocycles. The molecule has 3 rings (SSSR count). The number of nitrogens with one attached hydrogen (secondary N) is 1. The Hall–Kier alpha value is -3.59. The molecule has 1 aromatic heterocycles. The average Bonchev–Trinajstić information content (AvgIpc) is 3.28. The van der Waals surface area contributed by atoms with Crippen LogP contribution in [0.3, 0.4) is 0 Å². The number of carbonyl (C=O) groups is 1. The van der Waals surface area contributed by atoms with Gasteiger partial charge in [-0.3, -0.25) is 4.79 Å². The molecular weight excluding hydrogens is 390 g/mol. The fourth-order valence-corrected chi connectivity index (χ4v) is 2.89. The van der Waals surface area contributed by atoms with E-state index in [4.69, 9.17) is 23.5 Å². The van der Waals surface area contributed by atoms with Gasteiger partial charge in [0.1, 0.15) is 0 Å². The first-order chi connectivity index (χ1) is 14.6. The van der Waals surface area contributed by atoms with E-state index in [0.29, 0.717) is 52.9 Å². The zero-order chi connectivity index (χ0) is 21.5. The number of methoxy groups -OCH3 is 4. The Kier molecular flexibility index (Phi) is 6.87. The largest absolute Gasteiger partial charge is 0.493 e. The molecule has 1 N–H and O–H groups in total. The highest BCUT2D eigenvalue weighted by atomic mass is 16.5. The summed E-state index contributed by atoms with van der Waals surface area (Å²) >= 11 is 0. The van der Waals surface area contributed by atoms with Crippen LogP contribution in [0.2, 0.25) is 0 Å². The number of hydrogen-bond donors (Lipinski definition) is 1. The highest BCUT2D eigenvalue weighted by molar-refractivity contribution is 6.00. The van der Waals surface area contributed by atoms with Gasteiger partial charge in [-0.05, 0) is 24.3 Å². The summed E-state index contributed by atoms with van der Waals surface area (Å²) in [5, 5.41) is 6.85. The molecule has 1 heterocycles. The maximum atomic E-state index is 12.5. The van der Waals surface area contributed by atoms with E-state index in [9.17, 15) is 4.79 Å². The Morgan fingerprint density at radius 3 is 2.37 bits per heavy atom. The van der Waals surface area contributed by atoms with Crippen LogP contribution < -0.4 is 19.5 Å². The minimum atomic E-state index is -0.254. The van der Waals surface area contributed by atoms with Gasteiger partial charge in [-0.15, -0.1) is 0 Å². The van der Waals surface area contributed by atoms with Crippen molar-refractivity contribution in [3.05, 3.63) is 42.0 Å². The summed E-state index contributed by atoms with van der Waals surface area (Å²) < 4.78 is 26.5. The number of ether oxygens (including phenoxy) is 4. The van der Waals surface area contributed by atoms with E-state index in [0.717, 1.165) is 0 Å². The van der Waals surface area contributed by atoms with Gasteiger partial charge >= 0.3 is 0 Å². The lowest BCUT2D eigenvalue weighted by Gasteiger charge is -2.12. The Morgan fingerprint density at radius 2 is 1.73 bits per heavy atom. The fourth-order valence-electron chi connectivity index (χ4n) is 2.89. The molecule has 0 fully saturated rings. The standard InChI is InChI=1S/C21H23N3O6/c1-26-10-9-22-20(25)14-7-5-6-8-15(14)21-23-19(24-30-21)13-11-16(27-2)18(29-4)17(12-13)28-3/h5-8,11-12H,9-10H2,1-4H3,(H,22,25). The SMILES string of the molecule is COCCNC(=O)c1ccccc1-c1nc(-c2cc(OC)c(OC)c(OC)c2)no1. The number of carbonyl (C=O) groups excluding carboxylic acids is 1. The highest BCUT2D eigenvalue weighted by Crippen LogP contribution is 2.40. The fraction of sp³-hybridized carbons (Fsp3) is 0.286. The first-order valence-electron chi connectivity index (χ1n) is 9.13. The molecular formula is C21H23N3O6. The molecule has 9 heteroatoms. The van der Waals surface area contributed by atoms with Crippen molar-refractivity contribution >= 4 is 5.91 Å². The van der Waals surface area contributed by atoms with E-state index in [2.05, 4.69) is 15.5 Å². The summed E-state index contributed by atoms with van der Waals surface area (Å²) in [7, 11) is 6.16. The average molecular weight is 413 g/mol. The summed E-state index contributed by atoms with van der Waals surface area (Å²) in [6.07, 6.45) is 0. The van der Waals surface area contributed by atoms with E-state index in [1.807, 2.05) is 0 Å². The lowest BCUT2D eigenvalue weighted by molar-refractivity contribution is 0.0937. The van der Waals surface area contributed by atoms with Gasteiger partial charge in [0.2, 0.25) is 11.6 Å². The lowest BCUT2D eigenvalue weighted by Crippen LogP contribution is -2.27. The van der Waals surface area contributed by atoms with Crippen molar-refractivity contribution in [2.24, 2.45) is 0 Å². The van der Waals surface area contributed by atoms with Gasteiger partial charge in [0.15, 0.2) is 11.5 Å². The van der Waals surface area contributed by atoms with E-state index >= 15 is 0 Å². The molecule has 0 aliphatic carbocycles. The Labute approximate surface area is 173 Å². The smallest absolute Gasteiger partial charge is 0.259 e. The molecule has 0 aliphatic heterocycles. The molecule has 3 aromatic rings. The van der Waals surface area contributed by atoms with Crippen molar-refractivity contribution in [3.8, 4) is 40.1 Å². The molecule has 158 valence electrons. The van der Waals surface area contributed by atoms with Crippen LogP contribution in [0.5, 0.6) is 17.2 Å². The molecule has 0 saturated carbocycles. The van der Waals surface area contributed by atoms with Crippen molar-refractivity contribution in [3.63, 3.8) is 0 Å². The summed E-state index contributed by atoms with van der Waals surface area (Å²) in [4.78, 5) is 17.0. The van der Waals surface area contributed by atoms with Crippen LogP contribution in [-0.2, 0) is 4.74 Å². The van der Waals surface area contributed by atoms with Crippen LogP contribution in [0.1, 0.15) is 10.4 Å². The van der Waals surface area contributed by atoms with Crippen molar-refractivity contribution in [2.45, 2.75) is 0 Å². The third kappa shape index (κ3) is 4.36. The van der Waals surface area contributed by atoms with Crippen molar-refractivity contribution in [1.29, 1.82) is 0 Å². The molecule has 0 spiro atoms. The van der Waals surface area contributed by atoms with Gasteiger partial charge in [0.05, 0.1) is 39.1 Å². The van der Waals surface area contributed by atoms with Crippen LogP contribution >= 0.6 is 0 Å². The molecule has 9 nitrogen and oxygen atoms in total. The number of amides is 1. The number of benzene rings is 2. The normalized spacial score (nSPS) is 10.5. The minimum absolute atomic E-state index is 0.219. The predicted octanol–water partition coefficient (Wildman–Crippen LogP) is 2.81. The Bertz CT molecular complexity index is 992. The monoisotopic (exact) mass is 413 g/mol. The van der Waals surface area contributed by atoms with Gasteiger partial charge in [-0.2, -0.15) is 4.98 Å². The predicted molar refractivity (Wildman–Crippen MR) is 109 cm³/mol. The molecule has 0 bridgehead atoms. The number of hydrogen-bond acceptors (Lipinski definition) is 8. The van der Waals surface area contributed by atoms with E-state index in [1.54, 1.807) is 43.5 Å². The summed E-state index contributed by atoms with van der Waals surface area (Å²) in [5.41, 5.74) is 1.56. The van der Waals surface area contributed by atoms with Crippen molar-refractivity contribution in [1.82, 2.24) is 15.5 Å². The van der Waals surface area contributed by atoms with Crippen molar-refractivity contribution in [2.75, 3.05) is 41.6 Å². The molecule has 30 heavy (non-hydrogen) atoms. The molecule has 0 saturated heterocycles. The summed E-state index contributed by atoms with van der Waals surface area (Å²) in [5.74, 6) is 1.68. The maximum Gasteiger partial charge on any atom is 0.259 e. The Balaban J connectivity index is 1.96. The number of aromatic nitrogens is 2. The van der Waals surface area contributed by atoms with Crippen molar-refractivity contribution < 1.29 is 28.3 Å². The maximum absolute atomic E-state index is 12.5. The number of nitrogens with zero attached hydrogens (tertiary/aromatic N) is 2. The van der Waals surface area contributed by atoms with Crippen LogP contribution in [-0.4, -0.2) is 57.6 Å². The van der Waals surface area contributed by atoms with Crippen LogP contribution in [0.4, 0.5) is 0 Å². The summed E-state index contributed by atoms with van der Waals surface area (Å²) in [6, 6.07) is 10.5. The summed E-state index contributed by atoms with van der Waals surface area (Å²) in [6.45, 7) is 0.809. The third-order valence-corrected chi connectivity index (χ3v) is 4.34. The molecule has 0 atom stereocenters.